The van der Waals surface area contributed by atoms with Crippen molar-refractivity contribution in [3.63, 3.8) is 0 Å². The third-order valence-electron chi connectivity index (χ3n) is 1.96. The largest absolute Gasteiger partial charge is 0.355 e. The Balaban J connectivity index is 2.19. The average Bonchev–Trinajstić information content (AvgIpc) is 2.14. The summed E-state index contributed by atoms with van der Waals surface area (Å²) in [6.45, 7) is 3.10. The van der Waals surface area contributed by atoms with E-state index < -0.39 is 5.79 Å². The minimum atomic E-state index is -0.650. The fourth-order valence-corrected chi connectivity index (χ4v) is 1.18. The fourth-order valence-electron chi connectivity index (χ4n) is 1.18. The van der Waals surface area contributed by atoms with Gasteiger partial charge in [-0.25, -0.2) is 0 Å². The van der Waals surface area contributed by atoms with E-state index >= 15 is 0 Å². The number of aliphatic imine (C=N–C) groups is 1. The molecule has 1 rings (SSSR count). The lowest BCUT2D eigenvalue weighted by Crippen LogP contribution is -2.64. The number of hydrogen-bond donors (Lipinski definition) is 3. The summed E-state index contributed by atoms with van der Waals surface area (Å²) < 4.78 is 0. The van der Waals surface area contributed by atoms with Crippen LogP contribution in [0.3, 0.4) is 0 Å². The summed E-state index contributed by atoms with van der Waals surface area (Å²) >= 11 is 0. The summed E-state index contributed by atoms with van der Waals surface area (Å²) in [5.41, 5.74) is 5.92. The number of unbranched alkanes of at least 4 members (excludes halogenated alkanes) is 2. The Morgan fingerprint density at radius 3 is 3.00 bits per heavy atom. The van der Waals surface area contributed by atoms with Crippen molar-refractivity contribution in [2.24, 2.45) is 10.7 Å². The molecule has 0 spiro atoms. The number of nitrogens with two attached hydrogens (primary N) is 1. The van der Waals surface area contributed by atoms with Crippen LogP contribution in [0, 0.1) is 0 Å². The van der Waals surface area contributed by atoms with Gasteiger partial charge in [-0.3, -0.25) is 16.0 Å². The van der Waals surface area contributed by atoms with Gasteiger partial charge >= 0.3 is 0 Å². The summed E-state index contributed by atoms with van der Waals surface area (Å²) in [6.07, 6.45) is 8.70. The third-order valence-corrected chi connectivity index (χ3v) is 1.96. The van der Waals surface area contributed by atoms with Crippen LogP contribution in [-0.4, -0.2) is 18.5 Å². The van der Waals surface area contributed by atoms with Crippen molar-refractivity contribution < 1.29 is 0 Å². The van der Waals surface area contributed by atoms with Crippen LogP contribution in [0.15, 0.2) is 17.4 Å². The molecule has 1 aliphatic rings. The van der Waals surface area contributed by atoms with Gasteiger partial charge in [0.05, 0.1) is 6.21 Å². The molecule has 0 aromatic carbocycles. The van der Waals surface area contributed by atoms with Crippen LogP contribution in [0.25, 0.3) is 0 Å². The van der Waals surface area contributed by atoms with E-state index in [1.807, 2.05) is 0 Å². The first-order valence-corrected chi connectivity index (χ1v) is 4.78. The maximum atomic E-state index is 5.92. The van der Waals surface area contributed by atoms with E-state index in [1.54, 1.807) is 18.6 Å². The third kappa shape index (κ3) is 3.57. The summed E-state index contributed by atoms with van der Waals surface area (Å²) in [5, 5.41) is 6.21. The summed E-state index contributed by atoms with van der Waals surface area (Å²) in [7, 11) is 0. The van der Waals surface area contributed by atoms with Crippen molar-refractivity contribution in [1.29, 1.82) is 0 Å². The number of hydrogen-bond acceptors (Lipinski definition) is 4. The molecule has 0 saturated heterocycles. The lowest BCUT2D eigenvalue weighted by atomic mass is 10.2. The lowest BCUT2D eigenvalue weighted by molar-refractivity contribution is 0.400. The van der Waals surface area contributed by atoms with Gasteiger partial charge in [0.1, 0.15) is 0 Å². The van der Waals surface area contributed by atoms with Gasteiger partial charge < -0.3 is 5.32 Å². The van der Waals surface area contributed by atoms with Gasteiger partial charge in [0.25, 0.3) is 0 Å². The molecule has 0 bridgehead atoms. The molecule has 0 amide bonds. The minimum Gasteiger partial charge on any atom is -0.355 e. The van der Waals surface area contributed by atoms with E-state index in [9.17, 15) is 0 Å². The second-order valence-corrected chi connectivity index (χ2v) is 3.24. The molecule has 1 aliphatic heterocycles. The molecule has 4 N–H and O–H groups in total. The predicted octanol–water partition coefficient (Wildman–Crippen LogP) is 0.524. The Morgan fingerprint density at radius 2 is 2.38 bits per heavy atom. The van der Waals surface area contributed by atoms with Crippen molar-refractivity contribution >= 4 is 6.21 Å². The Morgan fingerprint density at radius 1 is 1.54 bits per heavy atom. The van der Waals surface area contributed by atoms with Gasteiger partial charge in [-0.1, -0.05) is 19.8 Å². The molecule has 1 unspecified atom stereocenters. The summed E-state index contributed by atoms with van der Waals surface area (Å²) in [5.74, 6) is -0.650. The van der Waals surface area contributed by atoms with Crippen LogP contribution in [0.2, 0.25) is 0 Å². The molecule has 0 aliphatic carbocycles. The van der Waals surface area contributed by atoms with E-state index in [2.05, 4.69) is 22.5 Å². The highest BCUT2D eigenvalue weighted by Crippen LogP contribution is 1.96. The molecule has 74 valence electrons. The molecule has 1 heterocycles. The van der Waals surface area contributed by atoms with Crippen LogP contribution in [-0.2, 0) is 0 Å². The Hall–Kier alpha value is -0.870. The van der Waals surface area contributed by atoms with Gasteiger partial charge in [-0.2, -0.15) is 0 Å². The second kappa shape index (κ2) is 4.99. The molecular formula is C9H18N4. The van der Waals surface area contributed by atoms with Gasteiger partial charge in [0.2, 0.25) is 0 Å². The highest BCUT2D eigenvalue weighted by Gasteiger charge is 2.20. The Kier molecular flexibility index (Phi) is 3.92. The van der Waals surface area contributed by atoms with E-state index in [1.165, 1.54) is 12.8 Å². The Labute approximate surface area is 79.3 Å². The molecule has 0 aromatic heterocycles. The zero-order chi connectivity index (χ0) is 9.57. The zero-order valence-corrected chi connectivity index (χ0v) is 8.09. The van der Waals surface area contributed by atoms with Crippen LogP contribution < -0.4 is 16.4 Å². The zero-order valence-electron chi connectivity index (χ0n) is 8.09. The van der Waals surface area contributed by atoms with Crippen molar-refractivity contribution in [3.05, 3.63) is 12.4 Å². The van der Waals surface area contributed by atoms with Crippen molar-refractivity contribution in [2.45, 2.75) is 32.0 Å². The van der Waals surface area contributed by atoms with Gasteiger partial charge in [-0.15, -0.1) is 0 Å². The fraction of sp³-hybridized carbons (Fsp3) is 0.667. The second-order valence-electron chi connectivity index (χ2n) is 3.24. The Bertz CT molecular complexity index is 200. The van der Waals surface area contributed by atoms with Crippen LogP contribution in [0.4, 0.5) is 0 Å². The van der Waals surface area contributed by atoms with Crippen LogP contribution in [0.5, 0.6) is 0 Å². The monoisotopic (exact) mass is 182 g/mol. The predicted molar refractivity (Wildman–Crippen MR) is 55.2 cm³/mol. The molecule has 4 nitrogen and oxygen atoms in total. The average molecular weight is 182 g/mol. The topological polar surface area (TPSA) is 62.4 Å². The van der Waals surface area contributed by atoms with Crippen molar-refractivity contribution in [3.8, 4) is 0 Å². The smallest absolute Gasteiger partial charge is 0.178 e. The quantitative estimate of drug-likeness (QED) is 0.429. The molecule has 0 fully saturated rings. The molecule has 0 radical (unpaired) electrons. The molecule has 0 aromatic rings. The summed E-state index contributed by atoms with van der Waals surface area (Å²) in [6, 6.07) is 0. The normalized spacial score (nSPS) is 26.0. The molecule has 13 heavy (non-hydrogen) atoms. The number of nitrogens with zero attached hydrogens (tertiary/aromatic N) is 1. The van der Waals surface area contributed by atoms with E-state index in [-0.39, 0.29) is 0 Å². The SMILES string of the molecule is CCCCCNC1(N)C=NC=CN1. The number of nitrogens with one attached hydrogen (secondary N) is 2. The highest BCUT2D eigenvalue weighted by atomic mass is 15.3. The van der Waals surface area contributed by atoms with E-state index in [0.29, 0.717) is 0 Å². The molecular weight excluding hydrogens is 164 g/mol. The van der Waals surface area contributed by atoms with E-state index in [4.69, 9.17) is 5.73 Å². The highest BCUT2D eigenvalue weighted by molar-refractivity contribution is 5.70. The standard InChI is InChI=1S/C9H18N4/c1-2-3-4-5-12-9(10)8-11-6-7-13-9/h6-8,12-13H,2-5,10H2,1H3. The minimum absolute atomic E-state index is 0.650. The maximum Gasteiger partial charge on any atom is 0.178 e. The lowest BCUT2D eigenvalue weighted by Gasteiger charge is -2.28. The van der Waals surface area contributed by atoms with Crippen molar-refractivity contribution in [1.82, 2.24) is 10.6 Å². The molecule has 4 heteroatoms. The van der Waals surface area contributed by atoms with Gasteiger partial charge in [-0.05, 0) is 13.0 Å². The first-order valence-electron chi connectivity index (χ1n) is 4.78. The van der Waals surface area contributed by atoms with Crippen molar-refractivity contribution in [2.75, 3.05) is 6.54 Å². The van der Waals surface area contributed by atoms with Crippen LogP contribution >= 0.6 is 0 Å². The molecule has 0 saturated carbocycles. The first kappa shape index (κ1) is 10.2. The van der Waals surface area contributed by atoms with Gasteiger partial charge in [0.15, 0.2) is 5.79 Å². The van der Waals surface area contributed by atoms with Gasteiger partial charge in [0, 0.05) is 12.4 Å². The first-order chi connectivity index (χ1) is 6.27. The summed E-state index contributed by atoms with van der Waals surface area (Å²) in [4.78, 5) is 3.97. The maximum absolute atomic E-state index is 5.92. The van der Waals surface area contributed by atoms with Crippen LogP contribution in [0.1, 0.15) is 26.2 Å². The number of rotatable bonds is 5. The van der Waals surface area contributed by atoms with E-state index in [0.717, 1.165) is 13.0 Å². The molecule has 1 atom stereocenters.